The van der Waals surface area contributed by atoms with Crippen LogP contribution in [0.5, 0.6) is 5.75 Å². The molecule has 5 fully saturated rings. The SMILES string of the molecule is COc1ccc2c(c1)C1CC1(C(=O)N1C3CCCC1COC3)Cn1c-2c(C2CCCCC2)c2ccc(C(=O)NS(=O)(=O)C3CCCCC3)cc21. The number of fused-ring (bicyclic) bond motifs is 9. The maximum Gasteiger partial charge on any atom is 0.264 e. The number of carbonyl (C=O) groups is 2. The molecule has 9 rings (SSSR count). The first-order chi connectivity index (χ1) is 24.3. The summed E-state index contributed by atoms with van der Waals surface area (Å²) < 4.78 is 43.1. The molecule has 2 bridgehead atoms. The maximum absolute atomic E-state index is 15.1. The van der Waals surface area contributed by atoms with E-state index in [4.69, 9.17) is 9.47 Å². The van der Waals surface area contributed by atoms with Gasteiger partial charge in [-0.1, -0.05) is 44.6 Å². The summed E-state index contributed by atoms with van der Waals surface area (Å²) in [5, 5.41) is 0.572. The minimum atomic E-state index is -3.79. The summed E-state index contributed by atoms with van der Waals surface area (Å²) >= 11 is 0. The van der Waals surface area contributed by atoms with E-state index < -0.39 is 26.6 Å². The predicted molar refractivity (Wildman–Crippen MR) is 192 cm³/mol. The Morgan fingerprint density at radius 2 is 1.60 bits per heavy atom. The van der Waals surface area contributed by atoms with E-state index in [0.29, 0.717) is 44.1 Å². The van der Waals surface area contributed by atoms with Crippen molar-refractivity contribution >= 4 is 32.7 Å². The lowest BCUT2D eigenvalue weighted by atomic mass is 9.81. The molecule has 266 valence electrons. The monoisotopic (exact) mass is 699 g/mol. The summed E-state index contributed by atoms with van der Waals surface area (Å²) in [5.41, 5.74) is 5.40. The molecule has 6 aliphatic rings. The zero-order chi connectivity index (χ0) is 34.2. The van der Waals surface area contributed by atoms with Crippen LogP contribution in [-0.4, -0.2) is 67.4 Å². The van der Waals surface area contributed by atoms with Crippen molar-refractivity contribution in [3.05, 3.63) is 53.1 Å². The number of morpholine rings is 1. The Balaban J connectivity index is 1.20. The van der Waals surface area contributed by atoms with Crippen LogP contribution in [0.4, 0.5) is 0 Å². The first-order valence-electron chi connectivity index (χ1n) is 19.1. The number of amides is 2. The number of nitrogens with one attached hydrogen (secondary N) is 1. The van der Waals surface area contributed by atoms with Gasteiger partial charge < -0.3 is 18.9 Å². The van der Waals surface area contributed by atoms with Crippen molar-refractivity contribution in [1.82, 2.24) is 14.2 Å². The molecule has 0 spiro atoms. The number of piperidine rings is 1. The third-order valence-corrected chi connectivity index (χ3v) is 15.0. The van der Waals surface area contributed by atoms with Gasteiger partial charge in [0, 0.05) is 34.5 Å². The van der Waals surface area contributed by atoms with E-state index in [9.17, 15) is 13.2 Å². The summed E-state index contributed by atoms with van der Waals surface area (Å²) in [6.45, 7) is 1.71. The molecule has 50 heavy (non-hydrogen) atoms. The number of rotatable bonds is 6. The average molecular weight is 700 g/mol. The third-order valence-electron chi connectivity index (χ3n) is 13.2. The molecule has 4 unspecified atom stereocenters. The van der Waals surface area contributed by atoms with Crippen molar-refractivity contribution in [3.8, 4) is 17.0 Å². The molecule has 9 nitrogen and oxygen atoms in total. The van der Waals surface area contributed by atoms with Crippen molar-refractivity contribution in [2.45, 2.75) is 126 Å². The molecule has 3 aliphatic heterocycles. The number of ether oxygens (including phenoxy) is 2. The van der Waals surface area contributed by atoms with Gasteiger partial charge in [0.2, 0.25) is 15.9 Å². The number of hydrogen-bond acceptors (Lipinski definition) is 6. The second kappa shape index (κ2) is 12.4. The van der Waals surface area contributed by atoms with E-state index in [-0.39, 0.29) is 23.9 Å². The van der Waals surface area contributed by atoms with E-state index in [0.717, 1.165) is 85.7 Å². The molecule has 1 aromatic heterocycles. The summed E-state index contributed by atoms with van der Waals surface area (Å²) in [4.78, 5) is 31.0. The highest BCUT2D eigenvalue weighted by molar-refractivity contribution is 7.90. The van der Waals surface area contributed by atoms with Crippen LogP contribution in [0, 0.1) is 5.41 Å². The third kappa shape index (κ3) is 5.22. The second-order valence-corrected chi connectivity index (χ2v) is 18.0. The van der Waals surface area contributed by atoms with E-state index >= 15 is 4.79 Å². The van der Waals surface area contributed by atoms with Crippen LogP contribution >= 0.6 is 0 Å². The highest BCUT2D eigenvalue weighted by Crippen LogP contribution is 2.66. The lowest BCUT2D eigenvalue weighted by Crippen LogP contribution is -2.59. The van der Waals surface area contributed by atoms with Gasteiger partial charge in [-0.2, -0.15) is 0 Å². The van der Waals surface area contributed by atoms with E-state index in [1.807, 2.05) is 18.2 Å². The van der Waals surface area contributed by atoms with Gasteiger partial charge in [0.15, 0.2) is 0 Å². The molecule has 3 aliphatic carbocycles. The summed E-state index contributed by atoms with van der Waals surface area (Å²) in [6, 6.07) is 12.3. The molecule has 10 heteroatoms. The smallest absolute Gasteiger partial charge is 0.264 e. The number of hydrogen-bond donors (Lipinski definition) is 1. The number of benzene rings is 2. The molecular formula is C40H49N3O6S. The van der Waals surface area contributed by atoms with Crippen molar-refractivity contribution < 1.29 is 27.5 Å². The van der Waals surface area contributed by atoms with Gasteiger partial charge in [0.1, 0.15) is 5.75 Å². The molecule has 4 heterocycles. The summed E-state index contributed by atoms with van der Waals surface area (Å²) in [6.07, 6.45) is 13.6. The maximum atomic E-state index is 15.1. The normalized spacial score (nSPS) is 28.3. The highest BCUT2D eigenvalue weighted by atomic mass is 32.2. The van der Waals surface area contributed by atoms with E-state index in [2.05, 4.69) is 26.3 Å². The molecule has 0 radical (unpaired) electrons. The number of methoxy groups -OCH3 is 1. The number of carbonyl (C=O) groups excluding carboxylic acids is 2. The highest BCUT2D eigenvalue weighted by Gasteiger charge is 2.65. The average Bonchev–Trinajstić information content (AvgIpc) is 3.81. The van der Waals surface area contributed by atoms with Gasteiger partial charge >= 0.3 is 0 Å². The van der Waals surface area contributed by atoms with Gasteiger partial charge in [0.25, 0.3) is 5.91 Å². The fourth-order valence-electron chi connectivity index (χ4n) is 10.5. The fraction of sp³-hybridized carbons (Fsp3) is 0.600. The minimum absolute atomic E-state index is 0.0601. The van der Waals surface area contributed by atoms with Crippen LogP contribution in [0.25, 0.3) is 22.2 Å². The Morgan fingerprint density at radius 3 is 2.32 bits per heavy atom. The predicted octanol–water partition coefficient (Wildman–Crippen LogP) is 7.02. The largest absolute Gasteiger partial charge is 0.497 e. The number of nitrogens with zero attached hydrogens (tertiary/aromatic N) is 2. The molecule has 2 amide bonds. The molecule has 4 atom stereocenters. The minimum Gasteiger partial charge on any atom is -0.497 e. The lowest BCUT2D eigenvalue weighted by molar-refractivity contribution is -0.157. The number of aromatic nitrogens is 1. The van der Waals surface area contributed by atoms with Gasteiger partial charge in [0.05, 0.1) is 48.8 Å². The number of sulfonamides is 1. The topological polar surface area (TPSA) is 107 Å². The van der Waals surface area contributed by atoms with Crippen LogP contribution < -0.4 is 9.46 Å². The first kappa shape index (κ1) is 32.5. The molecule has 3 aromatic rings. The Kier molecular flexibility index (Phi) is 8.06. The van der Waals surface area contributed by atoms with Gasteiger partial charge in [-0.3, -0.25) is 9.59 Å². The van der Waals surface area contributed by atoms with E-state index in [1.54, 1.807) is 13.2 Å². The van der Waals surface area contributed by atoms with Crippen LogP contribution in [-0.2, 0) is 26.1 Å². The van der Waals surface area contributed by atoms with Crippen molar-refractivity contribution in [2.75, 3.05) is 20.3 Å². The van der Waals surface area contributed by atoms with Crippen LogP contribution in [0.3, 0.4) is 0 Å². The Labute approximate surface area is 295 Å². The van der Waals surface area contributed by atoms with Crippen LogP contribution in [0.15, 0.2) is 36.4 Å². The fourth-order valence-corrected chi connectivity index (χ4v) is 12.0. The standard InChI is InChI=1S/C40H49N3O6S/c1-48-29-16-18-31-33(20-29)34-21-40(34,39(45)43-27-11-8-12-28(43)23-49-22-27)24-42-35-19-26(38(44)41-50(46,47)30-13-6-3-7-14-30)15-17-32(35)36(37(31)42)25-9-4-2-5-10-25/h15-20,25,27-28,30,34H,2-14,21-24H2,1H3,(H,41,44). The summed E-state index contributed by atoms with van der Waals surface area (Å²) in [7, 11) is -2.09. The van der Waals surface area contributed by atoms with Gasteiger partial charge in [-0.15, -0.1) is 0 Å². The molecule has 1 N–H and O–H groups in total. The molecule has 3 saturated carbocycles. The van der Waals surface area contributed by atoms with Crippen molar-refractivity contribution in [3.63, 3.8) is 0 Å². The lowest BCUT2D eigenvalue weighted by Gasteiger charge is -2.47. The zero-order valence-corrected chi connectivity index (χ0v) is 29.9. The molecular weight excluding hydrogens is 651 g/mol. The van der Waals surface area contributed by atoms with Gasteiger partial charge in [-0.05, 0) is 98.7 Å². The van der Waals surface area contributed by atoms with Crippen molar-refractivity contribution in [2.24, 2.45) is 5.41 Å². The van der Waals surface area contributed by atoms with Gasteiger partial charge in [-0.25, -0.2) is 13.1 Å². The van der Waals surface area contributed by atoms with Crippen molar-refractivity contribution in [1.29, 1.82) is 0 Å². The van der Waals surface area contributed by atoms with Crippen LogP contribution in [0.2, 0.25) is 0 Å². The second-order valence-electron chi connectivity index (χ2n) is 16.0. The Hall–Kier alpha value is -3.37. The Morgan fingerprint density at radius 1 is 0.880 bits per heavy atom. The van der Waals surface area contributed by atoms with Crippen LogP contribution in [0.1, 0.15) is 123 Å². The molecule has 2 saturated heterocycles. The van der Waals surface area contributed by atoms with E-state index in [1.165, 1.54) is 30.4 Å². The molecule has 2 aromatic carbocycles. The summed E-state index contributed by atoms with van der Waals surface area (Å²) in [5.74, 6) is 0.869. The Bertz CT molecular complexity index is 1940. The zero-order valence-electron chi connectivity index (χ0n) is 29.1. The first-order valence-corrected chi connectivity index (χ1v) is 20.6. The quantitative estimate of drug-likeness (QED) is 0.296.